The molecule has 0 saturated carbocycles. The maximum atomic E-state index is 13.0. The maximum absolute atomic E-state index is 13.0. The summed E-state index contributed by atoms with van der Waals surface area (Å²) in [5.74, 6) is -0.917. The largest absolute Gasteiger partial charge is 0.338 e. The topological polar surface area (TPSA) is 107 Å². The quantitative estimate of drug-likeness (QED) is 0.634. The molecule has 12 heteroatoms. The lowest BCUT2D eigenvalue weighted by Gasteiger charge is -2.34. The number of thiophene rings is 1. The molecule has 4 amide bonds. The summed E-state index contributed by atoms with van der Waals surface area (Å²) >= 11 is 6.83. The summed E-state index contributed by atoms with van der Waals surface area (Å²) in [5.41, 5.74) is -0.617. The van der Waals surface area contributed by atoms with Gasteiger partial charge in [0.1, 0.15) is 16.3 Å². The first-order chi connectivity index (χ1) is 15.1. The predicted octanol–water partition coefficient (Wildman–Crippen LogP) is 1.70. The van der Waals surface area contributed by atoms with Crippen LogP contribution in [0.15, 0.2) is 46.7 Å². The number of hydrogen-bond donors (Lipinski definition) is 1. The van der Waals surface area contributed by atoms with Crippen molar-refractivity contribution in [2.75, 3.05) is 32.7 Å². The first-order valence-electron chi connectivity index (χ1n) is 9.86. The van der Waals surface area contributed by atoms with Gasteiger partial charge in [-0.15, -0.1) is 11.3 Å². The zero-order valence-corrected chi connectivity index (χ0v) is 19.5. The number of amides is 4. The van der Waals surface area contributed by atoms with Crippen molar-refractivity contribution in [3.8, 4) is 0 Å². The van der Waals surface area contributed by atoms with Crippen LogP contribution in [0, 0.1) is 0 Å². The van der Waals surface area contributed by atoms with Crippen LogP contribution in [0.5, 0.6) is 0 Å². The SMILES string of the molecule is C[C@@]1(c2ccccc2)NC(=O)N(CC(=O)N2CCN(S(=O)(=O)c3ccc(Cl)s3)CC2)C1=O. The van der Waals surface area contributed by atoms with Crippen LogP contribution in [0.3, 0.4) is 0 Å². The number of carbonyl (C=O) groups is 3. The molecule has 2 saturated heterocycles. The average molecular weight is 497 g/mol. The smallest absolute Gasteiger partial charge is 0.325 e. The van der Waals surface area contributed by atoms with Gasteiger partial charge in [0, 0.05) is 26.2 Å². The van der Waals surface area contributed by atoms with Gasteiger partial charge < -0.3 is 10.2 Å². The Morgan fingerprint density at radius 2 is 1.75 bits per heavy atom. The number of halogens is 1. The lowest BCUT2D eigenvalue weighted by molar-refractivity contribution is -0.139. The van der Waals surface area contributed by atoms with Crippen molar-refractivity contribution >= 4 is 50.8 Å². The molecule has 0 aliphatic carbocycles. The van der Waals surface area contributed by atoms with Gasteiger partial charge in [0.15, 0.2) is 0 Å². The minimum absolute atomic E-state index is 0.117. The number of rotatable bonds is 5. The number of nitrogens with zero attached hydrogens (tertiary/aromatic N) is 3. The highest BCUT2D eigenvalue weighted by molar-refractivity contribution is 7.91. The molecule has 2 aliphatic heterocycles. The summed E-state index contributed by atoms with van der Waals surface area (Å²) in [6.07, 6.45) is 0. The highest BCUT2D eigenvalue weighted by atomic mass is 35.5. The van der Waals surface area contributed by atoms with Gasteiger partial charge in [-0.25, -0.2) is 13.2 Å². The van der Waals surface area contributed by atoms with E-state index in [1.807, 2.05) is 6.07 Å². The molecule has 2 fully saturated rings. The van der Waals surface area contributed by atoms with Crippen LogP contribution in [-0.2, 0) is 25.2 Å². The Hall–Kier alpha value is -2.47. The van der Waals surface area contributed by atoms with Gasteiger partial charge in [-0.2, -0.15) is 4.31 Å². The number of carbonyl (C=O) groups excluding carboxylic acids is 3. The summed E-state index contributed by atoms with van der Waals surface area (Å²) in [6.45, 7) is 1.76. The fraction of sp³-hybridized carbons (Fsp3) is 0.350. The van der Waals surface area contributed by atoms with Crippen LogP contribution in [-0.4, -0.2) is 73.1 Å². The molecule has 170 valence electrons. The molecule has 9 nitrogen and oxygen atoms in total. The fourth-order valence-corrected chi connectivity index (χ4v) is 6.84. The summed E-state index contributed by atoms with van der Waals surface area (Å²) in [6, 6.07) is 11.2. The van der Waals surface area contributed by atoms with E-state index >= 15 is 0 Å². The molecule has 2 aliphatic rings. The molecule has 3 heterocycles. The Morgan fingerprint density at radius 1 is 1.09 bits per heavy atom. The second kappa shape index (κ2) is 8.47. The second-order valence-electron chi connectivity index (χ2n) is 7.66. The van der Waals surface area contributed by atoms with Crippen LogP contribution >= 0.6 is 22.9 Å². The first-order valence-corrected chi connectivity index (χ1v) is 12.5. The monoisotopic (exact) mass is 496 g/mol. The third kappa shape index (κ3) is 4.01. The standard InChI is InChI=1S/C20H21ClN4O5S2/c1-20(14-5-3-2-4-6-14)18(27)25(19(28)22-20)13-16(26)23-9-11-24(12-10-23)32(29,30)17-8-7-15(21)31-17/h2-8H,9-13H2,1H3,(H,22,28)/t20-/m0/s1. The van der Waals surface area contributed by atoms with Crippen molar-refractivity contribution in [3.63, 3.8) is 0 Å². The first kappa shape index (κ1) is 22.7. The Bertz CT molecular complexity index is 1160. The van der Waals surface area contributed by atoms with Crippen LogP contribution in [0.1, 0.15) is 12.5 Å². The average Bonchev–Trinajstić information content (AvgIpc) is 3.32. The minimum Gasteiger partial charge on any atom is -0.338 e. The number of benzene rings is 1. The Morgan fingerprint density at radius 3 is 2.34 bits per heavy atom. The Balaban J connectivity index is 1.39. The zero-order chi connectivity index (χ0) is 23.1. The molecule has 32 heavy (non-hydrogen) atoms. The van der Waals surface area contributed by atoms with Crippen molar-refractivity contribution in [1.82, 2.24) is 19.4 Å². The molecule has 4 rings (SSSR count). The summed E-state index contributed by atoms with van der Waals surface area (Å²) in [4.78, 5) is 40.6. The Kier molecular flexibility index (Phi) is 6.01. The molecule has 1 atom stereocenters. The normalized spacial score (nSPS) is 22.3. The van der Waals surface area contributed by atoms with Crippen LogP contribution in [0.2, 0.25) is 4.34 Å². The molecular formula is C20H21ClN4O5S2. The molecule has 1 aromatic carbocycles. The fourth-order valence-electron chi connectivity index (χ4n) is 3.78. The van der Waals surface area contributed by atoms with E-state index in [0.717, 1.165) is 16.2 Å². The van der Waals surface area contributed by atoms with E-state index in [0.29, 0.717) is 9.90 Å². The molecule has 2 aromatic rings. The van der Waals surface area contributed by atoms with Crippen molar-refractivity contribution in [3.05, 3.63) is 52.4 Å². The highest BCUT2D eigenvalue weighted by Crippen LogP contribution is 2.30. The van der Waals surface area contributed by atoms with Gasteiger partial charge in [-0.3, -0.25) is 14.5 Å². The van der Waals surface area contributed by atoms with E-state index < -0.39 is 40.0 Å². The van der Waals surface area contributed by atoms with Gasteiger partial charge >= 0.3 is 6.03 Å². The number of nitrogens with one attached hydrogen (secondary N) is 1. The van der Waals surface area contributed by atoms with E-state index in [2.05, 4.69) is 5.32 Å². The number of sulfonamides is 1. The van der Waals surface area contributed by atoms with Gasteiger partial charge in [0.25, 0.3) is 15.9 Å². The summed E-state index contributed by atoms with van der Waals surface area (Å²) in [5, 5.41) is 2.67. The van der Waals surface area contributed by atoms with E-state index in [9.17, 15) is 22.8 Å². The third-order valence-corrected chi connectivity index (χ3v) is 9.25. The number of hydrogen-bond acceptors (Lipinski definition) is 6. The number of imide groups is 1. The van der Waals surface area contributed by atoms with Gasteiger partial charge in [-0.1, -0.05) is 41.9 Å². The summed E-state index contributed by atoms with van der Waals surface area (Å²) < 4.78 is 27.3. The minimum atomic E-state index is -3.68. The molecule has 1 N–H and O–H groups in total. The Labute approximate surface area is 194 Å². The second-order valence-corrected chi connectivity index (χ2v) is 11.5. The van der Waals surface area contributed by atoms with E-state index in [-0.39, 0.29) is 30.4 Å². The molecule has 0 spiro atoms. The van der Waals surface area contributed by atoms with Crippen molar-refractivity contribution in [2.45, 2.75) is 16.7 Å². The van der Waals surface area contributed by atoms with E-state index in [1.165, 1.54) is 21.3 Å². The lowest BCUT2D eigenvalue weighted by atomic mass is 9.92. The van der Waals surface area contributed by atoms with E-state index in [1.54, 1.807) is 31.2 Å². The third-order valence-electron chi connectivity index (χ3n) is 5.65. The molecule has 0 unspecified atom stereocenters. The molecule has 0 bridgehead atoms. The molecule has 0 radical (unpaired) electrons. The number of piperazine rings is 1. The highest BCUT2D eigenvalue weighted by Gasteiger charge is 2.49. The summed E-state index contributed by atoms with van der Waals surface area (Å²) in [7, 11) is -3.68. The van der Waals surface area contributed by atoms with Gasteiger partial charge in [-0.05, 0) is 24.6 Å². The molecule has 1 aromatic heterocycles. The van der Waals surface area contributed by atoms with E-state index in [4.69, 9.17) is 11.6 Å². The zero-order valence-electron chi connectivity index (χ0n) is 17.2. The molecular weight excluding hydrogens is 476 g/mol. The number of urea groups is 1. The van der Waals surface area contributed by atoms with Crippen LogP contribution in [0.4, 0.5) is 4.79 Å². The van der Waals surface area contributed by atoms with Crippen LogP contribution < -0.4 is 5.32 Å². The van der Waals surface area contributed by atoms with Crippen molar-refractivity contribution < 1.29 is 22.8 Å². The van der Waals surface area contributed by atoms with Gasteiger partial charge in [0.2, 0.25) is 5.91 Å². The van der Waals surface area contributed by atoms with Gasteiger partial charge in [0.05, 0.1) is 4.34 Å². The lowest BCUT2D eigenvalue weighted by Crippen LogP contribution is -2.53. The van der Waals surface area contributed by atoms with Crippen LogP contribution in [0.25, 0.3) is 0 Å². The maximum Gasteiger partial charge on any atom is 0.325 e. The van der Waals surface area contributed by atoms with Crippen molar-refractivity contribution in [1.29, 1.82) is 0 Å². The predicted molar refractivity (Wildman–Crippen MR) is 119 cm³/mol. The van der Waals surface area contributed by atoms with Crippen molar-refractivity contribution in [2.24, 2.45) is 0 Å².